The minimum Gasteiger partial charge on any atom is -0.481 e. The van der Waals surface area contributed by atoms with Gasteiger partial charge in [-0.3, -0.25) is 0 Å². The van der Waals surface area contributed by atoms with Crippen LogP contribution < -0.4 is 4.74 Å². The van der Waals surface area contributed by atoms with Crippen LogP contribution in [0.15, 0.2) is 51.5 Å². The molecule has 1 heterocycles. The van der Waals surface area contributed by atoms with Crippen molar-refractivity contribution in [1.82, 2.24) is 10.1 Å². The first-order valence-corrected chi connectivity index (χ1v) is 7.94. The number of aromatic nitrogens is 2. The summed E-state index contributed by atoms with van der Waals surface area (Å²) < 4.78 is 11.3. The van der Waals surface area contributed by atoms with Crippen LogP contribution in [0.2, 0.25) is 5.02 Å². The number of carbonyl (C=O) groups is 1. The van der Waals surface area contributed by atoms with Gasteiger partial charge in [-0.1, -0.05) is 44.8 Å². The fourth-order valence-electron chi connectivity index (χ4n) is 2.01. The molecule has 3 aromatic rings. The summed E-state index contributed by atoms with van der Waals surface area (Å²) in [5, 5.41) is 13.3. The van der Waals surface area contributed by atoms with Gasteiger partial charge < -0.3 is 14.4 Å². The summed E-state index contributed by atoms with van der Waals surface area (Å²) in [4.78, 5) is 15.0. The second-order valence-corrected chi connectivity index (χ2v) is 6.11. The topological polar surface area (TPSA) is 85.5 Å². The molecule has 0 amide bonds. The van der Waals surface area contributed by atoms with E-state index in [1.54, 1.807) is 36.4 Å². The van der Waals surface area contributed by atoms with Crippen molar-refractivity contribution in [3.05, 3.63) is 52.0 Å². The van der Waals surface area contributed by atoms with Crippen molar-refractivity contribution in [3.63, 3.8) is 0 Å². The smallest absolute Gasteiger partial charge is 0.341 e. The first-order chi connectivity index (χ1) is 11.5. The van der Waals surface area contributed by atoms with E-state index in [4.69, 9.17) is 26.0 Å². The zero-order valence-corrected chi connectivity index (χ0v) is 14.4. The highest BCUT2D eigenvalue weighted by molar-refractivity contribution is 9.10. The molecule has 0 aliphatic rings. The van der Waals surface area contributed by atoms with E-state index in [0.717, 1.165) is 4.47 Å². The second kappa shape index (κ2) is 7.02. The van der Waals surface area contributed by atoms with Crippen LogP contribution in [0.25, 0.3) is 22.8 Å². The Hall–Kier alpha value is -2.38. The van der Waals surface area contributed by atoms with Gasteiger partial charge in [-0.05, 0) is 30.3 Å². The van der Waals surface area contributed by atoms with Gasteiger partial charge in [0.1, 0.15) is 5.75 Å². The molecule has 2 aromatic carbocycles. The molecule has 3 rings (SSSR count). The van der Waals surface area contributed by atoms with Crippen LogP contribution in [0, 0.1) is 0 Å². The summed E-state index contributed by atoms with van der Waals surface area (Å²) in [6.07, 6.45) is 0. The third-order valence-corrected chi connectivity index (χ3v) is 3.76. The average molecular weight is 410 g/mol. The van der Waals surface area contributed by atoms with Crippen molar-refractivity contribution in [2.75, 3.05) is 6.61 Å². The first-order valence-electron chi connectivity index (χ1n) is 6.77. The van der Waals surface area contributed by atoms with Gasteiger partial charge in [0.25, 0.3) is 5.89 Å². The van der Waals surface area contributed by atoms with Gasteiger partial charge in [0.05, 0.1) is 5.56 Å². The molecule has 1 N–H and O–H groups in total. The van der Waals surface area contributed by atoms with Crippen LogP contribution in [0.4, 0.5) is 0 Å². The lowest BCUT2D eigenvalue weighted by atomic mass is 10.2. The van der Waals surface area contributed by atoms with Crippen molar-refractivity contribution < 1.29 is 19.2 Å². The van der Waals surface area contributed by atoms with Gasteiger partial charge in [0.15, 0.2) is 6.61 Å². The fraction of sp³-hybridized carbons (Fsp3) is 0.0625. The second-order valence-electron chi connectivity index (χ2n) is 4.76. The van der Waals surface area contributed by atoms with Gasteiger partial charge >= 0.3 is 5.97 Å². The number of hydrogen-bond acceptors (Lipinski definition) is 5. The van der Waals surface area contributed by atoms with Gasteiger partial charge in [0, 0.05) is 15.1 Å². The largest absolute Gasteiger partial charge is 0.481 e. The minimum atomic E-state index is -1.07. The molecule has 0 bridgehead atoms. The maximum Gasteiger partial charge on any atom is 0.341 e. The number of carboxylic acids is 1. The molecule has 6 nitrogen and oxygen atoms in total. The van der Waals surface area contributed by atoms with Crippen molar-refractivity contribution in [3.8, 4) is 28.6 Å². The van der Waals surface area contributed by atoms with E-state index in [1.807, 2.05) is 6.07 Å². The Morgan fingerprint density at radius 2 is 2.12 bits per heavy atom. The van der Waals surface area contributed by atoms with E-state index in [-0.39, 0.29) is 5.89 Å². The van der Waals surface area contributed by atoms with Crippen LogP contribution in [0.3, 0.4) is 0 Å². The number of hydrogen-bond donors (Lipinski definition) is 1. The predicted octanol–water partition coefficient (Wildman–Crippen LogP) is 4.28. The summed E-state index contributed by atoms with van der Waals surface area (Å²) in [5.41, 5.74) is 1.20. The Morgan fingerprint density at radius 3 is 2.88 bits per heavy atom. The van der Waals surface area contributed by atoms with Crippen LogP contribution in [-0.2, 0) is 4.79 Å². The molecule has 0 spiro atoms. The van der Waals surface area contributed by atoms with Crippen molar-refractivity contribution in [2.45, 2.75) is 0 Å². The fourth-order valence-corrected chi connectivity index (χ4v) is 2.56. The van der Waals surface area contributed by atoms with E-state index in [9.17, 15) is 4.79 Å². The van der Waals surface area contributed by atoms with Gasteiger partial charge in [-0.25, -0.2) is 4.79 Å². The number of benzene rings is 2. The molecule has 0 fully saturated rings. The molecule has 0 atom stereocenters. The van der Waals surface area contributed by atoms with E-state index < -0.39 is 12.6 Å². The standard InChI is InChI=1S/C16H10BrClN2O4/c17-10-4-5-13(23-8-14(21)22)12(7-10)16-19-15(20-24-16)9-2-1-3-11(18)6-9/h1-7H,8H2,(H,21,22). The summed E-state index contributed by atoms with van der Waals surface area (Å²) in [7, 11) is 0. The third kappa shape index (κ3) is 3.74. The molecule has 8 heteroatoms. The lowest BCUT2D eigenvalue weighted by Gasteiger charge is -2.07. The van der Waals surface area contributed by atoms with Crippen molar-refractivity contribution in [2.24, 2.45) is 0 Å². The van der Waals surface area contributed by atoms with Gasteiger partial charge in [-0.15, -0.1) is 0 Å². The molecule has 0 aliphatic carbocycles. The highest BCUT2D eigenvalue weighted by Gasteiger charge is 2.16. The summed E-state index contributed by atoms with van der Waals surface area (Å²) in [6.45, 7) is -0.468. The lowest BCUT2D eigenvalue weighted by Crippen LogP contribution is -2.10. The number of halogens is 2. The van der Waals surface area contributed by atoms with E-state index in [0.29, 0.717) is 27.7 Å². The number of aliphatic carboxylic acids is 1. The zero-order valence-electron chi connectivity index (χ0n) is 12.1. The predicted molar refractivity (Wildman–Crippen MR) is 91.0 cm³/mol. The molecule has 24 heavy (non-hydrogen) atoms. The molecular formula is C16H10BrClN2O4. The minimum absolute atomic E-state index is 0.215. The molecule has 0 aliphatic heterocycles. The Bertz CT molecular complexity index is 897. The Morgan fingerprint density at radius 1 is 1.29 bits per heavy atom. The molecule has 0 saturated carbocycles. The van der Waals surface area contributed by atoms with Crippen LogP contribution in [0.5, 0.6) is 5.75 Å². The zero-order chi connectivity index (χ0) is 17.1. The van der Waals surface area contributed by atoms with E-state index in [2.05, 4.69) is 26.1 Å². The normalized spacial score (nSPS) is 10.6. The number of nitrogens with zero attached hydrogens (tertiary/aromatic N) is 2. The highest BCUT2D eigenvalue weighted by atomic mass is 79.9. The monoisotopic (exact) mass is 408 g/mol. The maximum atomic E-state index is 10.7. The number of rotatable bonds is 5. The SMILES string of the molecule is O=C(O)COc1ccc(Br)cc1-c1nc(-c2cccc(Cl)c2)no1. The van der Waals surface area contributed by atoms with Crippen LogP contribution >= 0.6 is 27.5 Å². The molecule has 1 aromatic heterocycles. The van der Waals surface area contributed by atoms with E-state index >= 15 is 0 Å². The Kier molecular flexibility index (Phi) is 4.82. The van der Waals surface area contributed by atoms with Gasteiger partial charge in [-0.2, -0.15) is 4.98 Å². The van der Waals surface area contributed by atoms with Crippen LogP contribution in [0.1, 0.15) is 0 Å². The summed E-state index contributed by atoms with van der Waals surface area (Å²) in [5.74, 6) is -0.153. The molecule has 122 valence electrons. The third-order valence-electron chi connectivity index (χ3n) is 3.03. The van der Waals surface area contributed by atoms with Crippen LogP contribution in [-0.4, -0.2) is 27.8 Å². The average Bonchev–Trinajstić information content (AvgIpc) is 3.03. The number of ether oxygens (including phenoxy) is 1. The molecular weight excluding hydrogens is 400 g/mol. The molecule has 0 saturated heterocycles. The van der Waals surface area contributed by atoms with Crippen molar-refractivity contribution in [1.29, 1.82) is 0 Å². The quantitative estimate of drug-likeness (QED) is 0.677. The maximum absolute atomic E-state index is 10.7. The first kappa shape index (κ1) is 16.5. The summed E-state index contributed by atoms with van der Waals surface area (Å²) in [6, 6.07) is 12.1. The lowest BCUT2D eigenvalue weighted by molar-refractivity contribution is -0.139. The number of carboxylic acid groups (broad SMARTS) is 1. The van der Waals surface area contributed by atoms with Gasteiger partial charge in [0.2, 0.25) is 5.82 Å². The summed E-state index contributed by atoms with van der Waals surface area (Å²) >= 11 is 9.32. The molecule has 0 radical (unpaired) electrons. The molecule has 0 unspecified atom stereocenters. The van der Waals surface area contributed by atoms with E-state index in [1.165, 1.54) is 0 Å². The highest BCUT2D eigenvalue weighted by Crippen LogP contribution is 2.33. The Labute approximate surface area is 150 Å². The van der Waals surface area contributed by atoms with Crippen molar-refractivity contribution >= 4 is 33.5 Å². The Balaban J connectivity index is 1.97.